The highest BCUT2D eigenvalue weighted by Gasteiger charge is 2.33. The Bertz CT molecular complexity index is 1360. The molecule has 9 nitrogen and oxygen atoms in total. The van der Waals surface area contributed by atoms with Crippen molar-refractivity contribution in [1.29, 1.82) is 0 Å². The monoisotopic (exact) mass is 532 g/mol. The number of amidine groups is 2. The van der Waals surface area contributed by atoms with E-state index in [0.29, 0.717) is 47.9 Å². The predicted octanol–water partition coefficient (Wildman–Crippen LogP) is 4.36. The first-order chi connectivity index (χ1) is 18.2. The number of hydrogen-bond donors (Lipinski definition) is 0. The van der Waals surface area contributed by atoms with Crippen LogP contribution in [0.15, 0.2) is 75.6 Å². The molecule has 6 heterocycles. The van der Waals surface area contributed by atoms with E-state index in [2.05, 4.69) is 29.9 Å². The fourth-order valence-corrected chi connectivity index (χ4v) is 4.72. The Morgan fingerprint density at radius 3 is 2.00 bits per heavy atom. The Labute approximate surface area is 223 Å². The lowest BCUT2D eigenvalue weighted by molar-refractivity contribution is 0.387. The summed E-state index contributed by atoms with van der Waals surface area (Å²) in [5, 5.41) is 5.45. The van der Waals surface area contributed by atoms with Crippen LogP contribution in [-0.2, 0) is 13.1 Å². The van der Waals surface area contributed by atoms with Gasteiger partial charge in [0.25, 0.3) is 0 Å². The summed E-state index contributed by atoms with van der Waals surface area (Å²) in [6.07, 6.45) is 5.32. The van der Waals surface area contributed by atoms with Crippen LogP contribution in [0.4, 0.5) is 0 Å². The standard InChI is InChI=1S/C26H22Cl2N8O/c27-20-6-4-17(13-32-20)15-35-11-9-30-25(35)23-22(19-3-1-2-8-29-19)24(37-34-23)26-31-10-12-36(26)16-18-5-7-21(28)33-14-18/h1-8,13-14H,9-12,15-16H2. The van der Waals surface area contributed by atoms with Gasteiger partial charge in [0, 0.05) is 44.8 Å². The molecule has 0 aliphatic carbocycles. The summed E-state index contributed by atoms with van der Waals surface area (Å²) in [5.74, 6) is 2.08. The van der Waals surface area contributed by atoms with Gasteiger partial charge in [-0.3, -0.25) is 15.0 Å². The van der Waals surface area contributed by atoms with Crippen LogP contribution in [-0.4, -0.2) is 67.8 Å². The minimum absolute atomic E-state index is 0.465. The molecule has 4 aromatic heterocycles. The molecule has 11 heteroatoms. The molecule has 0 bridgehead atoms. The number of rotatable bonds is 7. The number of hydrogen-bond acceptors (Lipinski definition) is 9. The molecule has 0 radical (unpaired) electrons. The minimum Gasteiger partial charge on any atom is -0.351 e. The Morgan fingerprint density at radius 1 is 0.757 bits per heavy atom. The van der Waals surface area contributed by atoms with Gasteiger partial charge in [-0.1, -0.05) is 46.6 Å². The van der Waals surface area contributed by atoms with Crippen molar-refractivity contribution in [3.05, 3.63) is 93.9 Å². The van der Waals surface area contributed by atoms with Crippen LogP contribution in [0.3, 0.4) is 0 Å². The summed E-state index contributed by atoms with van der Waals surface area (Å²) in [6.45, 7) is 4.09. The second kappa shape index (κ2) is 10.3. The van der Waals surface area contributed by atoms with Crippen LogP contribution in [0.25, 0.3) is 11.3 Å². The van der Waals surface area contributed by atoms with E-state index in [9.17, 15) is 0 Å². The molecule has 6 rings (SSSR count). The third-order valence-corrected chi connectivity index (χ3v) is 6.66. The average Bonchev–Trinajstić information content (AvgIpc) is 3.67. The van der Waals surface area contributed by atoms with Crippen LogP contribution >= 0.6 is 23.2 Å². The highest BCUT2D eigenvalue weighted by atomic mass is 35.5. The maximum atomic E-state index is 6.01. The van der Waals surface area contributed by atoms with Crippen molar-refractivity contribution in [2.75, 3.05) is 26.2 Å². The zero-order valence-electron chi connectivity index (χ0n) is 19.8. The molecule has 0 spiro atoms. The van der Waals surface area contributed by atoms with Crippen molar-refractivity contribution in [3.8, 4) is 11.3 Å². The van der Waals surface area contributed by atoms with E-state index < -0.39 is 0 Å². The average molecular weight is 533 g/mol. The van der Waals surface area contributed by atoms with E-state index in [1.807, 2.05) is 30.3 Å². The van der Waals surface area contributed by atoms with Gasteiger partial charge in [0.2, 0.25) is 5.76 Å². The first kappa shape index (κ1) is 23.6. The number of nitrogens with zero attached hydrogens (tertiary/aromatic N) is 8. The number of pyridine rings is 3. The van der Waals surface area contributed by atoms with E-state index in [1.54, 1.807) is 30.7 Å². The number of aromatic nitrogens is 4. The summed E-state index contributed by atoms with van der Waals surface area (Å²) in [6, 6.07) is 13.3. The van der Waals surface area contributed by atoms with E-state index >= 15 is 0 Å². The van der Waals surface area contributed by atoms with Gasteiger partial charge in [-0.25, -0.2) is 9.97 Å². The molecule has 2 aliphatic rings. The third-order valence-electron chi connectivity index (χ3n) is 6.21. The molecule has 186 valence electrons. The van der Waals surface area contributed by atoms with Crippen molar-refractivity contribution >= 4 is 34.9 Å². The normalized spacial score (nSPS) is 15.3. The summed E-state index contributed by atoms with van der Waals surface area (Å²) in [5.41, 5.74) is 4.24. The zero-order chi connectivity index (χ0) is 25.2. The predicted molar refractivity (Wildman–Crippen MR) is 142 cm³/mol. The van der Waals surface area contributed by atoms with Crippen LogP contribution in [0.2, 0.25) is 10.3 Å². The van der Waals surface area contributed by atoms with Gasteiger partial charge < -0.3 is 14.3 Å². The van der Waals surface area contributed by atoms with Crippen LogP contribution in [0.1, 0.15) is 22.6 Å². The van der Waals surface area contributed by atoms with Gasteiger partial charge >= 0.3 is 0 Å². The molecular formula is C26H22Cl2N8O. The molecule has 0 amide bonds. The highest BCUT2D eigenvalue weighted by Crippen LogP contribution is 2.31. The van der Waals surface area contributed by atoms with Gasteiger partial charge in [0.15, 0.2) is 17.4 Å². The van der Waals surface area contributed by atoms with E-state index in [-0.39, 0.29) is 0 Å². The van der Waals surface area contributed by atoms with Crippen LogP contribution < -0.4 is 0 Å². The quantitative estimate of drug-likeness (QED) is 0.326. The van der Waals surface area contributed by atoms with Crippen molar-refractivity contribution in [3.63, 3.8) is 0 Å². The summed E-state index contributed by atoms with van der Waals surface area (Å²) >= 11 is 11.9. The van der Waals surface area contributed by atoms with Gasteiger partial charge in [0.05, 0.1) is 24.3 Å². The Kier molecular flexibility index (Phi) is 6.55. The molecule has 0 saturated heterocycles. The Morgan fingerprint density at radius 2 is 1.41 bits per heavy atom. The first-order valence-corrected chi connectivity index (χ1v) is 12.6. The largest absolute Gasteiger partial charge is 0.351 e. The zero-order valence-corrected chi connectivity index (χ0v) is 21.3. The molecule has 4 aromatic rings. The maximum absolute atomic E-state index is 6.01. The molecule has 0 unspecified atom stereocenters. The summed E-state index contributed by atoms with van der Waals surface area (Å²) < 4.78 is 6.01. The lowest BCUT2D eigenvalue weighted by Gasteiger charge is -2.20. The molecule has 0 saturated carbocycles. The summed E-state index contributed by atoms with van der Waals surface area (Å²) in [7, 11) is 0. The fourth-order valence-electron chi connectivity index (χ4n) is 4.50. The van der Waals surface area contributed by atoms with Crippen molar-refractivity contribution in [1.82, 2.24) is 29.9 Å². The lowest BCUT2D eigenvalue weighted by atomic mass is 10.1. The maximum Gasteiger partial charge on any atom is 0.211 e. The molecule has 0 fully saturated rings. The highest BCUT2D eigenvalue weighted by molar-refractivity contribution is 6.29. The van der Waals surface area contributed by atoms with Gasteiger partial charge in [0.1, 0.15) is 10.3 Å². The van der Waals surface area contributed by atoms with Crippen molar-refractivity contribution in [2.45, 2.75) is 13.1 Å². The van der Waals surface area contributed by atoms with E-state index in [0.717, 1.165) is 47.1 Å². The smallest absolute Gasteiger partial charge is 0.211 e. The molecule has 0 atom stereocenters. The number of aliphatic imine (C=N–C) groups is 2. The minimum atomic E-state index is 0.465. The fraction of sp³-hybridized carbons (Fsp3) is 0.231. The Hall–Kier alpha value is -3.82. The number of halogens is 2. The van der Waals surface area contributed by atoms with Gasteiger partial charge in [-0.2, -0.15) is 0 Å². The second-order valence-corrected chi connectivity index (χ2v) is 9.46. The second-order valence-electron chi connectivity index (χ2n) is 8.68. The third kappa shape index (κ3) is 4.92. The SMILES string of the molecule is Clc1ccc(CN2CCN=C2c2noc(C3=NCCN3Cc3ccc(Cl)nc3)c2-c2ccccn2)cn1. The molecule has 0 aromatic carbocycles. The van der Waals surface area contributed by atoms with Gasteiger partial charge in [-0.15, -0.1) is 0 Å². The molecule has 2 aliphatic heterocycles. The van der Waals surface area contributed by atoms with Crippen LogP contribution in [0, 0.1) is 0 Å². The molecular weight excluding hydrogens is 511 g/mol. The first-order valence-electron chi connectivity index (χ1n) is 11.9. The topological polar surface area (TPSA) is 95.9 Å². The van der Waals surface area contributed by atoms with Gasteiger partial charge in [-0.05, 0) is 35.4 Å². The molecule has 37 heavy (non-hydrogen) atoms. The van der Waals surface area contributed by atoms with Crippen molar-refractivity contribution in [2.24, 2.45) is 9.98 Å². The van der Waals surface area contributed by atoms with E-state index in [1.165, 1.54) is 0 Å². The van der Waals surface area contributed by atoms with Crippen molar-refractivity contribution < 1.29 is 4.52 Å². The van der Waals surface area contributed by atoms with E-state index in [4.69, 9.17) is 37.7 Å². The molecule has 0 N–H and O–H groups in total. The Balaban J connectivity index is 1.35. The van der Waals surface area contributed by atoms with Crippen LogP contribution in [0.5, 0.6) is 0 Å². The summed E-state index contributed by atoms with van der Waals surface area (Å²) in [4.78, 5) is 27.0. The lowest BCUT2D eigenvalue weighted by Crippen LogP contribution is -2.29.